The molecule has 3 rings (SSSR count). The third-order valence-corrected chi connectivity index (χ3v) is 5.01. The molecule has 0 aliphatic heterocycles. The van der Waals surface area contributed by atoms with E-state index in [1.807, 2.05) is 36.4 Å². The molecule has 0 aliphatic carbocycles. The van der Waals surface area contributed by atoms with Crippen molar-refractivity contribution in [2.24, 2.45) is 0 Å². The average Bonchev–Trinajstić information content (AvgIpc) is 2.79. The number of ether oxygens (including phenoxy) is 4. The molecule has 0 bridgehead atoms. The molecule has 0 unspecified atom stereocenters. The highest BCUT2D eigenvalue weighted by Gasteiger charge is 2.17. The zero-order chi connectivity index (χ0) is 21.5. The Bertz CT molecular complexity index is 925. The third-order valence-electron chi connectivity index (χ3n) is 4.60. The van der Waals surface area contributed by atoms with E-state index in [1.165, 1.54) is 0 Å². The van der Waals surface area contributed by atoms with Gasteiger partial charge in [-0.3, -0.25) is 0 Å². The Labute approximate surface area is 184 Å². The van der Waals surface area contributed by atoms with Crippen LogP contribution in [-0.2, 0) is 13.1 Å². The van der Waals surface area contributed by atoms with Crippen LogP contribution in [0.3, 0.4) is 0 Å². The van der Waals surface area contributed by atoms with Gasteiger partial charge in [0.15, 0.2) is 0 Å². The molecular formula is C22H24BrN3O4. The molecular weight excluding hydrogens is 450 g/mol. The van der Waals surface area contributed by atoms with Gasteiger partial charge in [0.2, 0.25) is 5.95 Å². The fourth-order valence-corrected chi connectivity index (χ4v) is 3.25. The molecule has 1 heterocycles. The van der Waals surface area contributed by atoms with Gasteiger partial charge < -0.3 is 23.8 Å². The Balaban J connectivity index is 1.97. The molecule has 0 amide bonds. The Morgan fingerprint density at radius 1 is 0.733 bits per heavy atom. The van der Waals surface area contributed by atoms with E-state index in [0.29, 0.717) is 19.0 Å². The maximum Gasteiger partial charge on any atom is 0.225 e. The predicted molar refractivity (Wildman–Crippen MR) is 119 cm³/mol. The summed E-state index contributed by atoms with van der Waals surface area (Å²) in [6.07, 6.45) is 3.46. The maximum atomic E-state index is 5.57. The van der Waals surface area contributed by atoms with Crippen LogP contribution in [-0.4, -0.2) is 38.4 Å². The van der Waals surface area contributed by atoms with E-state index in [0.717, 1.165) is 38.6 Å². The highest BCUT2D eigenvalue weighted by atomic mass is 79.9. The van der Waals surface area contributed by atoms with Crippen molar-refractivity contribution in [3.63, 3.8) is 0 Å². The molecule has 0 spiro atoms. The molecule has 3 aromatic rings. The van der Waals surface area contributed by atoms with Crippen molar-refractivity contribution >= 4 is 21.9 Å². The molecule has 0 fully saturated rings. The summed E-state index contributed by atoms with van der Waals surface area (Å²) in [5.74, 6) is 3.53. The van der Waals surface area contributed by atoms with E-state index >= 15 is 0 Å². The highest BCUT2D eigenvalue weighted by molar-refractivity contribution is 9.10. The molecule has 0 atom stereocenters. The smallest absolute Gasteiger partial charge is 0.225 e. The number of nitrogens with zero attached hydrogens (tertiary/aromatic N) is 3. The summed E-state index contributed by atoms with van der Waals surface area (Å²) in [6.45, 7) is 1.06. The number of anilines is 1. The molecule has 7 nitrogen and oxygen atoms in total. The second kappa shape index (κ2) is 10.2. The second-order valence-corrected chi connectivity index (χ2v) is 7.33. The summed E-state index contributed by atoms with van der Waals surface area (Å²) >= 11 is 3.39. The largest absolute Gasteiger partial charge is 0.497 e. The number of hydrogen-bond acceptors (Lipinski definition) is 7. The summed E-state index contributed by atoms with van der Waals surface area (Å²) in [6, 6.07) is 11.5. The Morgan fingerprint density at radius 2 is 1.20 bits per heavy atom. The SMILES string of the molecule is COc1ccc(CN(Cc2ccc(OC)cc2OC)c2ncc(Br)cn2)c(OC)c1. The van der Waals surface area contributed by atoms with Gasteiger partial charge in [0, 0.05) is 48.7 Å². The van der Waals surface area contributed by atoms with Crippen LogP contribution in [0, 0.1) is 0 Å². The monoisotopic (exact) mass is 473 g/mol. The normalized spacial score (nSPS) is 10.4. The fourth-order valence-electron chi connectivity index (χ4n) is 3.04. The van der Waals surface area contributed by atoms with Crippen molar-refractivity contribution in [3.05, 3.63) is 64.4 Å². The van der Waals surface area contributed by atoms with Crippen LogP contribution in [0.15, 0.2) is 53.3 Å². The quantitative estimate of drug-likeness (QED) is 0.453. The van der Waals surface area contributed by atoms with Gasteiger partial charge in [-0.05, 0) is 40.2 Å². The summed E-state index contributed by atoms with van der Waals surface area (Å²) in [4.78, 5) is 11.0. The summed E-state index contributed by atoms with van der Waals surface area (Å²) < 4.78 is 22.6. The van der Waals surface area contributed by atoms with Crippen LogP contribution < -0.4 is 23.8 Å². The first kappa shape index (κ1) is 21.7. The van der Waals surface area contributed by atoms with E-state index < -0.39 is 0 Å². The van der Waals surface area contributed by atoms with Crippen molar-refractivity contribution < 1.29 is 18.9 Å². The van der Waals surface area contributed by atoms with Gasteiger partial charge >= 0.3 is 0 Å². The van der Waals surface area contributed by atoms with Crippen LogP contribution >= 0.6 is 15.9 Å². The van der Waals surface area contributed by atoms with Gasteiger partial charge in [0.25, 0.3) is 0 Å². The van der Waals surface area contributed by atoms with Crippen LogP contribution in [0.4, 0.5) is 5.95 Å². The standard InChI is InChI=1S/C22H24BrN3O4/c1-27-18-7-5-15(20(9-18)29-3)13-26(22-24-11-17(23)12-25-22)14-16-6-8-19(28-2)10-21(16)30-4/h5-12H,13-14H2,1-4H3. The molecule has 158 valence electrons. The van der Waals surface area contributed by atoms with Crippen LogP contribution in [0.5, 0.6) is 23.0 Å². The van der Waals surface area contributed by atoms with E-state index in [-0.39, 0.29) is 0 Å². The Morgan fingerprint density at radius 3 is 1.60 bits per heavy atom. The number of aromatic nitrogens is 2. The number of halogens is 1. The molecule has 0 N–H and O–H groups in total. The van der Waals surface area contributed by atoms with Crippen molar-refractivity contribution in [2.75, 3.05) is 33.3 Å². The lowest BCUT2D eigenvalue weighted by Gasteiger charge is -2.25. The van der Waals surface area contributed by atoms with Crippen LogP contribution in [0.1, 0.15) is 11.1 Å². The molecule has 0 saturated heterocycles. The Hall–Kier alpha value is -3.00. The van der Waals surface area contributed by atoms with E-state index in [4.69, 9.17) is 18.9 Å². The molecule has 1 aromatic heterocycles. The number of hydrogen-bond donors (Lipinski definition) is 0. The van der Waals surface area contributed by atoms with Crippen molar-refractivity contribution in [3.8, 4) is 23.0 Å². The maximum absolute atomic E-state index is 5.57. The van der Waals surface area contributed by atoms with Gasteiger partial charge in [-0.2, -0.15) is 0 Å². The van der Waals surface area contributed by atoms with Gasteiger partial charge in [-0.1, -0.05) is 0 Å². The molecule has 30 heavy (non-hydrogen) atoms. The van der Waals surface area contributed by atoms with E-state index in [2.05, 4.69) is 30.8 Å². The first-order chi connectivity index (χ1) is 14.6. The number of methoxy groups -OCH3 is 4. The zero-order valence-corrected chi connectivity index (χ0v) is 19.0. The van der Waals surface area contributed by atoms with E-state index in [9.17, 15) is 0 Å². The van der Waals surface area contributed by atoms with Gasteiger partial charge in [-0.25, -0.2) is 9.97 Å². The topological polar surface area (TPSA) is 65.9 Å². The lowest BCUT2D eigenvalue weighted by atomic mass is 10.1. The molecule has 0 saturated carbocycles. The van der Waals surface area contributed by atoms with Crippen molar-refractivity contribution in [1.29, 1.82) is 0 Å². The minimum absolute atomic E-state index is 0.532. The first-order valence-corrected chi connectivity index (χ1v) is 10.0. The van der Waals surface area contributed by atoms with Gasteiger partial charge in [-0.15, -0.1) is 0 Å². The summed E-state index contributed by atoms with van der Waals surface area (Å²) in [5.41, 5.74) is 1.97. The zero-order valence-electron chi connectivity index (χ0n) is 17.4. The number of rotatable bonds is 9. The van der Waals surface area contributed by atoms with Gasteiger partial charge in [0.05, 0.1) is 32.9 Å². The number of benzene rings is 2. The highest BCUT2D eigenvalue weighted by Crippen LogP contribution is 2.30. The molecule has 0 aliphatic rings. The Kier molecular flexibility index (Phi) is 7.35. The van der Waals surface area contributed by atoms with Gasteiger partial charge in [0.1, 0.15) is 23.0 Å². The molecule has 8 heteroatoms. The van der Waals surface area contributed by atoms with Crippen molar-refractivity contribution in [2.45, 2.75) is 13.1 Å². The van der Waals surface area contributed by atoms with Crippen LogP contribution in [0.25, 0.3) is 0 Å². The third kappa shape index (κ3) is 5.13. The average molecular weight is 474 g/mol. The summed E-state index contributed by atoms with van der Waals surface area (Å²) in [5, 5.41) is 0. The lowest BCUT2D eigenvalue weighted by Crippen LogP contribution is -2.24. The first-order valence-electron chi connectivity index (χ1n) is 9.22. The minimum atomic E-state index is 0.532. The minimum Gasteiger partial charge on any atom is -0.497 e. The lowest BCUT2D eigenvalue weighted by molar-refractivity contribution is 0.389. The summed E-state index contributed by atoms with van der Waals surface area (Å²) in [7, 11) is 6.55. The fraction of sp³-hybridized carbons (Fsp3) is 0.273. The second-order valence-electron chi connectivity index (χ2n) is 6.41. The van der Waals surface area contributed by atoms with Crippen molar-refractivity contribution in [1.82, 2.24) is 9.97 Å². The van der Waals surface area contributed by atoms with E-state index in [1.54, 1.807) is 40.8 Å². The molecule has 2 aromatic carbocycles. The molecule has 0 radical (unpaired) electrons. The predicted octanol–water partition coefficient (Wildman–Crippen LogP) is 4.48. The van der Waals surface area contributed by atoms with Crippen LogP contribution in [0.2, 0.25) is 0 Å².